The fraction of sp³-hybridized carbons (Fsp3) is 0. The van der Waals surface area contributed by atoms with E-state index >= 15 is 0 Å². The molecule has 0 aliphatic heterocycles. The molecule has 0 aromatic carbocycles. The Balaban J connectivity index is 0. The average Bonchev–Trinajstić information content (AvgIpc) is 0. The molecule has 0 N–H and O–H groups in total. The van der Waals surface area contributed by atoms with Crippen LogP contribution in [0, 0.1) is 0 Å². The van der Waals surface area contributed by atoms with Crippen molar-refractivity contribution in [3.05, 3.63) is 0 Å². The third-order valence-corrected chi connectivity index (χ3v) is 0. The fourth-order valence-corrected chi connectivity index (χ4v) is 0. The zero-order valence-electron chi connectivity index (χ0n) is 2.12. The Bertz CT molecular complexity index is 4.00. The van der Waals surface area contributed by atoms with Crippen LogP contribution < -0.4 is 0 Å². The van der Waals surface area contributed by atoms with Crippen molar-refractivity contribution in [2.45, 2.75) is 0 Å². The first-order chi connectivity index (χ1) is 0. The van der Waals surface area contributed by atoms with Crippen molar-refractivity contribution in [1.29, 1.82) is 0 Å². The third kappa shape index (κ3) is 9.09. The Labute approximate surface area is 54.1 Å². The second-order valence-electron chi connectivity index (χ2n) is 0. The molecule has 0 saturated carbocycles. The molecule has 2 unspecified atom stereocenters. The van der Waals surface area contributed by atoms with Crippen LogP contribution in [0.25, 0.3) is 0 Å². The molecule has 32 valence electrons. The molecule has 0 aromatic heterocycles. The predicted molar refractivity (Wildman–Crippen MR) is 22.2 cm³/mol. The molecule has 0 aliphatic carbocycles. The maximum Gasteiger partial charge on any atom is 0 e. The molecule has 0 nitrogen and oxygen atoms in total. The maximum absolute atomic E-state index is 0. The molecule has 0 fully saturated rings. The number of hydrogen-bond donors (Lipinski definition) is 0. The Morgan fingerprint density at radius 3 is 0.500 bits per heavy atom. The van der Waals surface area contributed by atoms with E-state index in [4.69, 9.17) is 0 Å². The normalized spacial score (nSPS) is 0. The Kier molecular flexibility index (Phi) is 203. The van der Waals surface area contributed by atoms with Crippen molar-refractivity contribution in [3.63, 3.8) is 0 Å². The Morgan fingerprint density at radius 1 is 0.500 bits per heavy atom. The van der Waals surface area contributed by atoms with E-state index in [9.17, 15) is 0 Å². The van der Waals surface area contributed by atoms with Gasteiger partial charge in [0.05, 0.1) is 0 Å². The largest absolute Gasteiger partial charge is 0.153 e. The first kappa shape index (κ1) is 39.3. The smallest absolute Gasteiger partial charge is 0 e. The van der Waals surface area contributed by atoms with Crippen molar-refractivity contribution in [3.8, 4) is 0 Å². The molecule has 4 heteroatoms. The van der Waals surface area contributed by atoms with Gasteiger partial charge in [0.2, 0.25) is 0 Å². The standard InChI is InChI=1S/2Fe.2H3P/h;;2*1H3. The molecular formula is H6Fe2P2. The van der Waals surface area contributed by atoms with Gasteiger partial charge in [-0.25, -0.2) is 0 Å². The van der Waals surface area contributed by atoms with Gasteiger partial charge in [0, 0.05) is 34.1 Å². The van der Waals surface area contributed by atoms with Gasteiger partial charge in [-0.3, -0.25) is 0 Å². The quantitative estimate of drug-likeness (QED) is 0.366. The summed E-state index contributed by atoms with van der Waals surface area (Å²) in [5.74, 6) is 0. The second-order valence-corrected chi connectivity index (χ2v) is 0. The maximum atomic E-state index is 0. The van der Waals surface area contributed by atoms with Gasteiger partial charge in [0.15, 0.2) is 0 Å². The topological polar surface area (TPSA) is 0 Å². The monoisotopic (exact) mass is 180 g/mol. The van der Waals surface area contributed by atoms with Crippen LogP contribution in [-0.4, -0.2) is 0 Å². The molecule has 0 heterocycles. The molecule has 0 bridgehead atoms. The molecule has 4 heavy (non-hydrogen) atoms. The van der Waals surface area contributed by atoms with Crippen molar-refractivity contribution < 1.29 is 34.1 Å². The average molecular weight is 180 g/mol. The van der Waals surface area contributed by atoms with E-state index in [2.05, 4.69) is 0 Å². The number of rotatable bonds is 0. The Hall–Kier alpha value is 1.90. The number of hydrogen-bond acceptors (Lipinski definition) is 0. The van der Waals surface area contributed by atoms with Gasteiger partial charge in [0.25, 0.3) is 0 Å². The van der Waals surface area contributed by atoms with Crippen LogP contribution in [0.15, 0.2) is 0 Å². The van der Waals surface area contributed by atoms with Gasteiger partial charge in [0.1, 0.15) is 0 Å². The van der Waals surface area contributed by atoms with Crippen LogP contribution in [-0.2, 0) is 34.1 Å². The minimum absolute atomic E-state index is 0. The van der Waals surface area contributed by atoms with Crippen molar-refractivity contribution in [1.82, 2.24) is 0 Å². The minimum Gasteiger partial charge on any atom is -0.153 e. The SMILES string of the molecule is P.P.[Fe].[Fe]. The summed E-state index contributed by atoms with van der Waals surface area (Å²) in [7, 11) is 0. The van der Waals surface area contributed by atoms with Gasteiger partial charge in [-0.1, -0.05) is 0 Å². The summed E-state index contributed by atoms with van der Waals surface area (Å²) in [5, 5.41) is 0. The molecule has 0 aromatic rings. The van der Waals surface area contributed by atoms with Gasteiger partial charge in [-0.05, 0) is 0 Å². The van der Waals surface area contributed by atoms with Crippen LogP contribution in [0.4, 0.5) is 0 Å². The van der Waals surface area contributed by atoms with Crippen LogP contribution >= 0.6 is 19.8 Å². The summed E-state index contributed by atoms with van der Waals surface area (Å²) in [6, 6.07) is 0. The van der Waals surface area contributed by atoms with Crippen LogP contribution in [0.5, 0.6) is 0 Å². The summed E-state index contributed by atoms with van der Waals surface area (Å²) in [6.07, 6.45) is 0. The first-order valence-electron chi connectivity index (χ1n) is 0. The van der Waals surface area contributed by atoms with E-state index in [-0.39, 0.29) is 53.9 Å². The summed E-state index contributed by atoms with van der Waals surface area (Å²) < 4.78 is 0. The minimum atomic E-state index is 0. The zero-order chi connectivity index (χ0) is 0. The first-order valence-corrected chi connectivity index (χ1v) is 0. The van der Waals surface area contributed by atoms with Crippen molar-refractivity contribution in [2.24, 2.45) is 0 Å². The molecule has 0 saturated heterocycles. The summed E-state index contributed by atoms with van der Waals surface area (Å²) in [4.78, 5) is 0. The van der Waals surface area contributed by atoms with Crippen molar-refractivity contribution >= 4 is 19.8 Å². The predicted octanol–water partition coefficient (Wildman–Crippen LogP) is 0.111. The van der Waals surface area contributed by atoms with E-state index in [1.807, 2.05) is 0 Å². The van der Waals surface area contributed by atoms with E-state index in [1.165, 1.54) is 0 Å². The molecular weight excluding hydrogens is 174 g/mol. The van der Waals surface area contributed by atoms with Crippen LogP contribution in [0.2, 0.25) is 0 Å². The third-order valence-electron chi connectivity index (χ3n) is 0. The molecule has 0 radical (unpaired) electrons. The van der Waals surface area contributed by atoms with Gasteiger partial charge in [-0.15, -0.1) is 0 Å². The van der Waals surface area contributed by atoms with Gasteiger partial charge >= 0.3 is 0 Å². The molecule has 2 atom stereocenters. The van der Waals surface area contributed by atoms with Crippen LogP contribution in [0.1, 0.15) is 0 Å². The Morgan fingerprint density at radius 2 is 0.500 bits per heavy atom. The molecule has 0 aliphatic rings. The molecule has 0 rings (SSSR count). The van der Waals surface area contributed by atoms with E-state index in [0.717, 1.165) is 0 Å². The van der Waals surface area contributed by atoms with E-state index < -0.39 is 0 Å². The fourth-order valence-electron chi connectivity index (χ4n) is 0. The van der Waals surface area contributed by atoms with Crippen molar-refractivity contribution in [2.75, 3.05) is 0 Å². The second kappa shape index (κ2) is 20.7. The van der Waals surface area contributed by atoms with Gasteiger partial charge in [-0.2, -0.15) is 19.8 Å². The molecule has 0 spiro atoms. The van der Waals surface area contributed by atoms with Gasteiger partial charge < -0.3 is 0 Å². The van der Waals surface area contributed by atoms with Crippen LogP contribution in [0.3, 0.4) is 0 Å². The zero-order valence-corrected chi connectivity index (χ0v) is 7.16. The molecule has 0 amide bonds. The van der Waals surface area contributed by atoms with E-state index in [0.29, 0.717) is 0 Å². The summed E-state index contributed by atoms with van der Waals surface area (Å²) in [5.41, 5.74) is 0. The summed E-state index contributed by atoms with van der Waals surface area (Å²) >= 11 is 0. The summed E-state index contributed by atoms with van der Waals surface area (Å²) in [6.45, 7) is 0. The van der Waals surface area contributed by atoms with E-state index in [1.54, 1.807) is 0 Å².